The van der Waals surface area contributed by atoms with Gasteiger partial charge in [-0.15, -0.1) is 0 Å². The molecular weight excluding hydrogens is 434 g/mol. The molecule has 2 aromatic rings. The smallest absolute Gasteiger partial charge is 0.228 e. The number of amides is 1. The minimum absolute atomic E-state index is 0.261. The van der Waals surface area contributed by atoms with Crippen molar-refractivity contribution in [2.45, 2.75) is 12.8 Å². The summed E-state index contributed by atoms with van der Waals surface area (Å²) in [4.78, 5) is 25.3. The van der Waals surface area contributed by atoms with E-state index >= 15 is 0 Å². The molecule has 2 heterocycles. The average molecular weight is 464 g/mol. The minimum Gasteiger partial charge on any atom is -0.495 e. The van der Waals surface area contributed by atoms with E-state index in [4.69, 9.17) is 19.9 Å². The van der Waals surface area contributed by atoms with Crippen LogP contribution in [0, 0.1) is 5.92 Å². The molecule has 1 aliphatic heterocycles. The molecule has 0 bridgehead atoms. The molecule has 0 radical (unpaired) electrons. The standard InChI is InChI=1S/C18H23N5O3.C7H6O/c1-25-14-9-12-13(10-15(14)26-2)20-18(21-16(12)19)23-7-5-22(6-8-23)17(24)11-3-4-11;1-8-7-5-3-2-4-6(5)7/h9-11H,3-8H2,1-2H3,(H2,19,20,21);2-4H,1H3. The van der Waals surface area contributed by atoms with Gasteiger partial charge in [0.15, 0.2) is 11.5 Å². The molecule has 9 nitrogen and oxygen atoms in total. The predicted octanol–water partition coefficient (Wildman–Crippen LogP) is 2.96. The Morgan fingerprint density at radius 3 is 2.15 bits per heavy atom. The number of carbonyl (C=O) groups excluding carboxylic acids is 1. The van der Waals surface area contributed by atoms with Crippen LogP contribution < -0.4 is 24.8 Å². The molecule has 1 amide bonds. The number of anilines is 2. The van der Waals surface area contributed by atoms with Crippen molar-refractivity contribution in [3.63, 3.8) is 0 Å². The fourth-order valence-electron chi connectivity index (χ4n) is 4.31. The summed E-state index contributed by atoms with van der Waals surface area (Å²) >= 11 is 0. The van der Waals surface area contributed by atoms with Crippen LogP contribution >= 0.6 is 0 Å². The third kappa shape index (κ3) is 4.13. The molecule has 3 aliphatic carbocycles. The van der Waals surface area contributed by atoms with Crippen molar-refractivity contribution in [1.29, 1.82) is 0 Å². The molecule has 34 heavy (non-hydrogen) atoms. The Kier molecular flexibility index (Phi) is 5.77. The lowest BCUT2D eigenvalue weighted by atomic mass is 10.2. The number of aromatic nitrogens is 2. The molecule has 178 valence electrons. The van der Waals surface area contributed by atoms with Crippen LogP contribution in [0.4, 0.5) is 11.8 Å². The molecule has 1 aromatic carbocycles. The van der Waals surface area contributed by atoms with Crippen LogP contribution in [0.3, 0.4) is 0 Å². The summed E-state index contributed by atoms with van der Waals surface area (Å²) in [6.07, 6.45) is 2.07. The lowest BCUT2D eigenvalue weighted by Gasteiger charge is -2.35. The normalized spacial score (nSPS) is 16.0. The van der Waals surface area contributed by atoms with E-state index in [1.807, 2.05) is 17.0 Å². The SMILES string of the molecule is COc1c2cccc1-2.COc1cc2nc(N3CCN(C(=O)C4CC4)CC3)nc(N)c2cc1OC. The van der Waals surface area contributed by atoms with Crippen LogP contribution in [-0.2, 0) is 4.79 Å². The maximum atomic E-state index is 12.2. The Bertz CT molecular complexity index is 1220. The van der Waals surface area contributed by atoms with Crippen molar-refractivity contribution in [3.8, 4) is 28.4 Å². The number of nitrogen functional groups attached to an aromatic ring is 1. The number of hydrogen-bond acceptors (Lipinski definition) is 8. The van der Waals surface area contributed by atoms with Gasteiger partial charge in [0.1, 0.15) is 11.6 Å². The molecule has 2 fully saturated rings. The Morgan fingerprint density at radius 2 is 1.59 bits per heavy atom. The van der Waals surface area contributed by atoms with Gasteiger partial charge in [0, 0.05) is 54.7 Å². The van der Waals surface area contributed by atoms with E-state index in [2.05, 4.69) is 27.0 Å². The quantitative estimate of drug-likeness (QED) is 0.482. The van der Waals surface area contributed by atoms with Crippen molar-refractivity contribution in [3.05, 3.63) is 30.3 Å². The monoisotopic (exact) mass is 463 g/mol. The fourth-order valence-corrected chi connectivity index (χ4v) is 4.31. The van der Waals surface area contributed by atoms with Crippen LogP contribution in [0.2, 0.25) is 0 Å². The number of benzene rings is 2. The van der Waals surface area contributed by atoms with Crippen molar-refractivity contribution in [1.82, 2.24) is 14.9 Å². The number of nitrogens with zero attached hydrogens (tertiary/aromatic N) is 4. The molecule has 0 atom stereocenters. The maximum Gasteiger partial charge on any atom is 0.228 e. The third-order valence-electron chi connectivity index (χ3n) is 6.47. The lowest BCUT2D eigenvalue weighted by molar-refractivity contribution is -0.132. The van der Waals surface area contributed by atoms with E-state index in [0.29, 0.717) is 60.9 Å². The van der Waals surface area contributed by atoms with Crippen LogP contribution in [0.1, 0.15) is 12.8 Å². The Hall–Kier alpha value is -3.75. The first-order chi connectivity index (χ1) is 16.5. The largest absolute Gasteiger partial charge is 0.495 e. The number of piperazine rings is 1. The van der Waals surface area contributed by atoms with Gasteiger partial charge in [-0.1, -0.05) is 18.2 Å². The van der Waals surface area contributed by atoms with Crippen molar-refractivity contribution in [2.75, 3.05) is 58.1 Å². The Labute approximate surface area is 198 Å². The summed E-state index contributed by atoms with van der Waals surface area (Å²) in [7, 11) is 4.87. The zero-order valence-electron chi connectivity index (χ0n) is 19.7. The first kappa shape index (κ1) is 22.1. The van der Waals surface area contributed by atoms with Crippen molar-refractivity contribution >= 4 is 28.6 Å². The molecule has 1 aromatic heterocycles. The van der Waals surface area contributed by atoms with Gasteiger partial charge in [-0.25, -0.2) is 4.98 Å². The van der Waals surface area contributed by atoms with Crippen molar-refractivity contribution < 1.29 is 19.0 Å². The summed E-state index contributed by atoms with van der Waals surface area (Å²) in [5.41, 5.74) is 9.44. The number of fused-ring (bicyclic) bond motifs is 2. The number of carbonyl (C=O) groups is 1. The fraction of sp³-hybridized carbons (Fsp3) is 0.400. The van der Waals surface area contributed by atoms with Crippen LogP contribution in [0.15, 0.2) is 30.3 Å². The third-order valence-corrected chi connectivity index (χ3v) is 6.47. The van der Waals surface area contributed by atoms with E-state index in [0.717, 1.165) is 24.0 Å². The Morgan fingerprint density at radius 1 is 0.941 bits per heavy atom. The molecule has 2 N–H and O–H groups in total. The second-order valence-electron chi connectivity index (χ2n) is 8.61. The number of hydrogen-bond donors (Lipinski definition) is 1. The zero-order chi connectivity index (χ0) is 23.8. The number of nitrogens with two attached hydrogens (primary N) is 1. The number of rotatable bonds is 5. The van der Waals surface area contributed by atoms with E-state index in [9.17, 15) is 4.79 Å². The Balaban J connectivity index is 0.000000252. The summed E-state index contributed by atoms with van der Waals surface area (Å²) < 4.78 is 15.7. The van der Waals surface area contributed by atoms with E-state index in [1.54, 1.807) is 27.4 Å². The average Bonchev–Trinajstić information content (AvgIpc) is 3.79. The highest BCUT2D eigenvalue weighted by Gasteiger charge is 2.35. The van der Waals surface area contributed by atoms with Gasteiger partial charge >= 0.3 is 0 Å². The molecule has 4 aliphatic rings. The maximum absolute atomic E-state index is 12.2. The summed E-state index contributed by atoms with van der Waals surface area (Å²) in [6, 6.07) is 9.76. The highest BCUT2D eigenvalue weighted by atomic mass is 16.5. The molecule has 9 heteroatoms. The minimum atomic E-state index is 0.261. The van der Waals surface area contributed by atoms with E-state index in [-0.39, 0.29) is 5.92 Å². The summed E-state index contributed by atoms with van der Waals surface area (Å²) in [6.45, 7) is 2.80. The van der Waals surface area contributed by atoms with Crippen LogP contribution in [0.5, 0.6) is 17.2 Å². The van der Waals surface area contributed by atoms with Crippen LogP contribution in [0.25, 0.3) is 22.0 Å². The van der Waals surface area contributed by atoms with Crippen LogP contribution in [-0.4, -0.2) is 68.3 Å². The van der Waals surface area contributed by atoms with Gasteiger partial charge < -0.3 is 29.7 Å². The summed E-state index contributed by atoms with van der Waals surface area (Å²) in [5.74, 6) is 3.81. The first-order valence-corrected chi connectivity index (χ1v) is 11.4. The topological polar surface area (TPSA) is 103 Å². The van der Waals surface area contributed by atoms with E-state index < -0.39 is 0 Å². The zero-order valence-corrected chi connectivity index (χ0v) is 19.7. The van der Waals surface area contributed by atoms with Gasteiger partial charge in [0.2, 0.25) is 11.9 Å². The molecule has 0 unspecified atom stereocenters. The van der Waals surface area contributed by atoms with Gasteiger partial charge in [0.05, 0.1) is 26.8 Å². The van der Waals surface area contributed by atoms with Gasteiger partial charge in [-0.3, -0.25) is 4.79 Å². The number of para-hydroxylation sites is 1. The first-order valence-electron chi connectivity index (χ1n) is 11.4. The van der Waals surface area contributed by atoms with Gasteiger partial charge in [0.25, 0.3) is 0 Å². The molecule has 1 saturated carbocycles. The number of ether oxygens (including phenoxy) is 3. The molecule has 1 saturated heterocycles. The number of methoxy groups -OCH3 is 3. The lowest BCUT2D eigenvalue weighted by Crippen LogP contribution is -2.49. The highest BCUT2D eigenvalue weighted by Crippen LogP contribution is 2.50. The summed E-state index contributed by atoms with van der Waals surface area (Å²) in [5, 5.41) is 0.731. The van der Waals surface area contributed by atoms with Gasteiger partial charge in [-0.05, 0) is 18.9 Å². The highest BCUT2D eigenvalue weighted by molar-refractivity contribution is 5.94. The second kappa shape index (κ2) is 8.89. The second-order valence-corrected chi connectivity index (χ2v) is 8.61. The molecule has 6 rings (SSSR count). The molecular formula is C25H29N5O4. The van der Waals surface area contributed by atoms with E-state index in [1.165, 1.54) is 11.1 Å². The van der Waals surface area contributed by atoms with Gasteiger partial charge in [-0.2, -0.15) is 4.98 Å². The van der Waals surface area contributed by atoms with Crippen molar-refractivity contribution in [2.24, 2.45) is 5.92 Å². The molecule has 0 spiro atoms. The predicted molar refractivity (Wildman–Crippen MR) is 131 cm³/mol.